The standard InChI is InChI=1S/C19H26O6/c1-13(20)25-17-10-15(11-18(21)23-3)9-16(22-2)19(17)24-12-14-7-5-4-6-8-14/h4-8,15-17,19H,9-12H2,1-3H3/t15-,16+,17+,19-/m0/s1. The Hall–Kier alpha value is -1.92. The highest BCUT2D eigenvalue weighted by atomic mass is 16.6. The van der Waals surface area contributed by atoms with Crippen LogP contribution < -0.4 is 0 Å². The Morgan fingerprint density at radius 1 is 1.08 bits per heavy atom. The van der Waals surface area contributed by atoms with Crippen molar-refractivity contribution >= 4 is 11.9 Å². The molecule has 0 spiro atoms. The molecule has 0 amide bonds. The van der Waals surface area contributed by atoms with Crippen molar-refractivity contribution in [2.45, 2.75) is 51.1 Å². The van der Waals surface area contributed by atoms with Crippen LogP contribution in [-0.2, 0) is 35.1 Å². The molecular formula is C19H26O6. The molecule has 6 nitrogen and oxygen atoms in total. The third kappa shape index (κ3) is 5.83. The SMILES string of the molecule is COC(=O)C[C@H]1C[C@@H](OC)[C@H](OCc2ccccc2)[C@H](OC(C)=O)C1. The maximum absolute atomic E-state index is 11.6. The van der Waals surface area contributed by atoms with Gasteiger partial charge in [-0.3, -0.25) is 9.59 Å². The van der Waals surface area contributed by atoms with Crippen molar-refractivity contribution in [3.05, 3.63) is 35.9 Å². The number of ether oxygens (including phenoxy) is 4. The molecule has 1 aliphatic carbocycles. The van der Waals surface area contributed by atoms with Crippen LogP contribution in [0.5, 0.6) is 0 Å². The highest BCUT2D eigenvalue weighted by Gasteiger charge is 2.41. The van der Waals surface area contributed by atoms with Crippen molar-refractivity contribution in [3.8, 4) is 0 Å². The van der Waals surface area contributed by atoms with Crippen molar-refractivity contribution in [1.29, 1.82) is 0 Å². The second kappa shape index (κ2) is 9.53. The maximum atomic E-state index is 11.6. The average molecular weight is 350 g/mol. The Balaban J connectivity index is 2.07. The predicted octanol–water partition coefficient (Wildman–Crippen LogP) is 2.49. The molecule has 0 radical (unpaired) electrons. The first kappa shape index (κ1) is 19.4. The Bertz CT molecular complexity index is 558. The van der Waals surface area contributed by atoms with E-state index in [9.17, 15) is 9.59 Å². The second-order valence-corrected chi connectivity index (χ2v) is 6.30. The van der Waals surface area contributed by atoms with Gasteiger partial charge in [0.05, 0.1) is 19.8 Å². The van der Waals surface area contributed by atoms with Crippen molar-refractivity contribution in [3.63, 3.8) is 0 Å². The molecule has 4 atom stereocenters. The van der Waals surface area contributed by atoms with Gasteiger partial charge in [-0.15, -0.1) is 0 Å². The third-order valence-electron chi connectivity index (χ3n) is 4.45. The third-order valence-corrected chi connectivity index (χ3v) is 4.45. The maximum Gasteiger partial charge on any atom is 0.305 e. The molecule has 1 saturated carbocycles. The Kier molecular flexibility index (Phi) is 7.40. The summed E-state index contributed by atoms with van der Waals surface area (Å²) >= 11 is 0. The molecule has 1 aliphatic rings. The fraction of sp³-hybridized carbons (Fsp3) is 0.579. The number of methoxy groups -OCH3 is 2. The first-order valence-electron chi connectivity index (χ1n) is 8.45. The van der Waals surface area contributed by atoms with Gasteiger partial charge in [-0.1, -0.05) is 30.3 Å². The summed E-state index contributed by atoms with van der Waals surface area (Å²) in [7, 11) is 2.98. The molecule has 0 N–H and O–H groups in total. The van der Waals surface area contributed by atoms with Gasteiger partial charge < -0.3 is 18.9 Å². The zero-order valence-corrected chi connectivity index (χ0v) is 15.0. The summed E-state index contributed by atoms with van der Waals surface area (Å²) in [5.41, 5.74) is 1.04. The number of rotatable bonds is 7. The largest absolute Gasteiger partial charge is 0.469 e. The number of carbonyl (C=O) groups is 2. The summed E-state index contributed by atoms with van der Waals surface area (Å²) in [6.07, 6.45) is 0.408. The van der Waals surface area contributed by atoms with Gasteiger partial charge in [0.2, 0.25) is 0 Å². The first-order valence-corrected chi connectivity index (χ1v) is 8.45. The van der Waals surface area contributed by atoms with Crippen LogP contribution in [0.3, 0.4) is 0 Å². The molecule has 25 heavy (non-hydrogen) atoms. The van der Waals surface area contributed by atoms with E-state index in [0.29, 0.717) is 19.4 Å². The van der Waals surface area contributed by atoms with Gasteiger partial charge in [0.1, 0.15) is 12.2 Å². The van der Waals surface area contributed by atoms with E-state index in [1.54, 1.807) is 7.11 Å². The van der Waals surface area contributed by atoms with E-state index in [2.05, 4.69) is 0 Å². The van der Waals surface area contributed by atoms with E-state index < -0.39 is 6.10 Å². The lowest BCUT2D eigenvalue weighted by molar-refractivity contribution is -0.181. The predicted molar refractivity (Wildman–Crippen MR) is 90.7 cm³/mol. The first-order chi connectivity index (χ1) is 12.0. The molecule has 0 heterocycles. The van der Waals surface area contributed by atoms with E-state index in [-0.39, 0.29) is 36.5 Å². The number of hydrogen-bond donors (Lipinski definition) is 0. The molecule has 0 bridgehead atoms. The number of benzene rings is 1. The van der Waals surface area contributed by atoms with Gasteiger partial charge in [-0.2, -0.15) is 0 Å². The van der Waals surface area contributed by atoms with Crippen molar-refractivity contribution < 1.29 is 28.5 Å². The number of hydrogen-bond acceptors (Lipinski definition) is 6. The summed E-state index contributed by atoms with van der Waals surface area (Å²) in [6, 6.07) is 9.80. The van der Waals surface area contributed by atoms with E-state index in [1.165, 1.54) is 14.0 Å². The van der Waals surface area contributed by atoms with Gasteiger partial charge in [-0.25, -0.2) is 0 Å². The van der Waals surface area contributed by atoms with Crippen LogP contribution >= 0.6 is 0 Å². The number of carbonyl (C=O) groups excluding carboxylic acids is 2. The second-order valence-electron chi connectivity index (χ2n) is 6.30. The quantitative estimate of drug-likeness (QED) is 0.704. The fourth-order valence-corrected chi connectivity index (χ4v) is 3.29. The lowest BCUT2D eigenvalue weighted by Gasteiger charge is -2.40. The Morgan fingerprint density at radius 2 is 1.76 bits per heavy atom. The van der Waals surface area contributed by atoms with Gasteiger partial charge in [-0.05, 0) is 24.3 Å². The molecule has 0 aromatic heterocycles. The van der Waals surface area contributed by atoms with Crippen molar-refractivity contribution in [2.24, 2.45) is 5.92 Å². The number of esters is 2. The topological polar surface area (TPSA) is 71.1 Å². The average Bonchev–Trinajstić information content (AvgIpc) is 2.60. The molecule has 6 heteroatoms. The monoisotopic (exact) mass is 350 g/mol. The Morgan fingerprint density at radius 3 is 2.36 bits per heavy atom. The molecule has 0 unspecified atom stereocenters. The minimum absolute atomic E-state index is 0.0262. The van der Waals surface area contributed by atoms with Crippen LogP contribution in [0.2, 0.25) is 0 Å². The summed E-state index contributed by atoms with van der Waals surface area (Å²) < 4.78 is 21.9. The minimum Gasteiger partial charge on any atom is -0.469 e. The summed E-state index contributed by atoms with van der Waals surface area (Å²) in [4.78, 5) is 23.1. The Labute approximate surface area is 148 Å². The summed E-state index contributed by atoms with van der Waals surface area (Å²) in [5.74, 6) is -0.615. The van der Waals surface area contributed by atoms with Crippen LogP contribution in [0.15, 0.2) is 30.3 Å². The van der Waals surface area contributed by atoms with E-state index in [0.717, 1.165) is 5.56 Å². The molecule has 1 fully saturated rings. The van der Waals surface area contributed by atoms with E-state index >= 15 is 0 Å². The van der Waals surface area contributed by atoms with Gasteiger partial charge in [0, 0.05) is 20.5 Å². The lowest BCUT2D eigenvalue weighted by atomic mass is 9.81. The molecular weight excluding hydrogens is 324 g/mol. The molecule has 1 aromatic rings. The lowest BCUT2D eigenvalue weighted by Crippen LogP contribution is -2.49. The summed E-state index contributed by atoms with van der Waals surface area (Å²) in [5, 5.41) is 0. The molecule has 0 aliphatic heterocycles. The van der Waals surface area contributed by atoms with Gasteiger partial charge >= 0.3 is 11.9 Å². The van der Waals surface area contributed by atoms with Crippen molar-refractivity contribution in [1.82, 2.24) is 0 Å². The molecule has 1 aromatic carbocycles. The van der Waals surface area contributed by atoms with Crippen LogP contribution in [0.25, 0.3) is 0 Å². The zero-order valence-electron chi connectivity index (χ0n) is 15.0. The fourth-order valence-electron chi connectivity index (χ4n) is 3.29. The highest BCUT2D eigenvalue weighted by Crippen LogP contribution is 2.33. The normalized spacial score (nSPS) is 26.0. The van der Waals surface area contributed by atoms with Gasteiger partial charge in [0.15, 0.2) is 0 Å². The molecule has 2 rings (SSSR count). The van der Waals surface area contributed by atoms with Crippen LogP contribution in [0.1, 0.15) is 31.7 Å². The zero-order chi connectivity index (χ0) is 18.2. The highest BCUT2D eigenvalue weighted by molar-refractivity contribution is 5.69. The van der Waals surface area contributed by atoms with E-state index in [4.69, 9.17) is 18.9 Å². The van der Waals surface area contributed by atoms with Gasteiger partial charge in [0.25, 0.3) is 0 Å². The van der Waals surface area contributed by atoms with Crippen molar-refractivity contribution in [2.75, 3.05) is 14.2 Å². The summed E-state index contributed by atoms with van der Waals surface area (Å²) in [6.45, 7) is 1.78. The van der Waals surface area contributed by atoms with Crippen LogP contribution in [0.4, 0.5) is 0 Å². The molecule has 0 saturated heterocycles. The smallest absolute Gasteiger partial charge is 0.305 e. The van der Waals surface area contributed by atoms with Crippen LogP contribution in [0, 0.1) is 5.92 Å². The van der Waals surface area contributed by atoms with Crippen LogP contribution in [-0.4, -0.2) is 44.5 Å². The molecule has 138 valence electrons. The minimum atomic E-state index is -0.449. The van der Waals surface area contributed by atoms with E-state index in [1.807, 2.05) is 30.3 Å².